The van der Waals surface area contributed by atoms with Crippen molar-refractivity contribution in [1.82, 2.24) is 5.32 Å². The van der Waals surface area contributed by atoms with Gasteiger partial charge in [0.2, 0.25) is 6.10 Å². The molecule has 1 aromatic carbocycles. The third-order valence-corrected chi connectivity index (χ3v) is 2.81. The van der Waals surface area contributed by atoms with Crippen molar-refractivity contribution in [3.63, 3.8) is 0 Å². The average molecular weight is 260 g/mol. The second-order valence-corrected chi connectivity index (χ2v) is 4.10. The summed E-state index contributed by atoms with van der Waals surface area (Å²) in [6.07, 6.45) is 1.53. The molecular weight excluding hydrogens is 244 g/mol. The van der Waals surface area contributed by atoms with E-state index >= 15 is 0 Å². The number of hydrogen-bond donors (Lipinski definition) is 1. The minimum Gasteiger partial charge on any atom is -0.497 e. The van der Waals surface area contributed by atoms with Crippen molar-refractivity contribution in [2.75, 3.05) is 13.7 Å². The Labute approximate surface area is 111 Å². The quantitative estimate of drug-likeness (QED) is 0.816. The van der Waals surface area contributed by atoms with Gasteiger partial charge in [-0.05, 0) is 29.8 Å². The van der Waals surface area contributed by atoms with Crippen molar-refractivity contribution in [3.8, 4) is 5.75 Å². The monoisotopic (exact) mass is 260 g/mol. The van der Waals surface area contributed by atoms with Crippen LogP contribution in [0.1, 0.15) is 12.0 Å². The minimum absolute atomic E-state index is 0.174. The van der Waals surface area contributed by atoms with Crippen LogP contribution in [0.25, 0.3) is 0 Å². The molecule has 1 atom stereocenters. The fourth-order valence-electron chi connectivity index (χ4n) is 1.76. The summed E-state index contributed by atoms with van der Waals surface area (Å²) in [6, 6.07) is 7.49. The molecule has 0 unspecified atom stereocenters. The molecule has 1 aromatic rings. The highest BCUT2D eigenvalue weighted by molar-refractivity contribution is 6.04. The minimum atomic E-state index is -0.558. The predicted octanol–water partition coefficient (Wildman–Crippen LogP) is 1.49. The number of nitrogens with one attached hydrogen (secondary N) is 1. The van der Waals surface area contributed by atoms with E-state index in [2.05, 4.69) is 17.1 Å². The summed E-state index contributed by atoms with van der Waals surface area (Å²) < 4.78 is 5.09. The number of hydrogen-bond acceptors (Lipinski definition) is 4. The van der Waals surface area contributed by atoms with Crippen LogP contribution in [0.15, 0.2) is 42.1 Å². The van der Waals surface area contributed by atoms with E-state index in [1.807, 2.05) is 24.3 Å². The molecular formula is C14H16N2O3. The highest BCUT2D eigenvalue weighted by Crippen LogP contribution is 2.19. The molecule has 0 bridgehead atoms. The van der Waals surface area contributed by atoms with Crippen LogP contribution in [-0.4, -0.2) is 31.4 Å². The summed E-state index contributed by atoms with van der Waals surface area (Å²) in [5, 5.41) is 6.65. The lowest BCUT2D eigenvalue weighted by Crippen LogP contribution is -2.34. The Hall–Kier alpha value is -2.30. The molecule has 0 spiro atoms. The van der Waals surface area contributed by atoms with E-state index in [0.717, 1.165) is 17.0 Å². The van der Waals surface area contributed by atoms with Gasteiger partial charge in [-0.3, -0.25) is 4.79 Å². The molecule has 1 N–H and O–H groups in total. The van der Waals surface area contributed by atoms with Crippen LogP contribution in [0, 0.1) is 0 Å². The molecule has 1 heterocycles. The molecule has 0 fully saturated rings. The number of methoxy groups -OCH3 is 1. The topological polar surface area (TPSA) is 59.9 Å². The van der Waals surface area contributed by atoms with Gasteiger partial charge in [0, 0.05) is 13.0 Å². The van der Waals surface area contributed by atoms with Crippen LogP contribution >= 0.6 is 0 Å². The lowest BCUT2D eigenvalue weighted by molar-refractivity contribution is -0.130. The fourth-order valence-corrected chi connectivity index (χ4v) is 1.76. The van der Waals surface area contributed by atoms with Crippen LogP contribution in [0.4, 0.5) is 0 Å². The molecule has 0 saturated heterocycles. The van der Waals surface area contributed by atoms with Crippen molar-refractivity contribution in [2.45, 2.75) is 12.5 Å². The van der Waals surface area contributed by atoms with Gasteiger partial charge in [-0.2, -0.15) is 0 Å². The first-order valence-corrected chi connectivity index (χ1v) is 6.00. The molecule has 0 aromatic heterocycles. The Morgan fingerprint density at radius 1 is 1.58 bits per heavy atom. The van der Waals surface area contributed by atoms with E-state index in [-0.39, 0.29) is 5.91 Å². The Bertz CT molecular complexity index is 494. The van der Waals surface area contributed by atoms with Crippen molar-refractivity contribution >= 4 is 11.6 Å². The number of carbonyl (C=O) groups is 1. The van der Waals surface area contributed by atoms with E-state index in [1.54, 1.807) is 13.2 Å². The zero-order chi connectivity index (χ0) is 13.7. The molecule has 5 heteroatoms. The van der Waals surface area contributed by atoms with Gasteiger partial charge >= 0.3 is 0 Å². The number of amides is 1. The van der Waals surface area contributed by atoms with E-state index in [0.29, 0.717) is 13.0 Å². The van der Waals surface area contributed by atoms with E-state index < -0.39 is 6.10 Å². The van der Waals surface area contributed by atoms with Crippen molar-refractivity contribution in [2.24, 2.45) is 5.16 Å². The largest absolute Gasteiger partial charge is 0.497 e. The maximum Gasteiger partial charge on any atom is 0.264 e. The number of nitrogens with zero attached hydrogens (tertiary/aromatic N) is 1. The SMILES string of the molecule is C=CCNC(=O)[C@@H]1CC(c2ccc(OC)cc2)=NO1. The van der Waals surface area contributed by atoms with Gasteiger partial charge in [-0.1, -0.05) is 11.2 Å². The van der Waals surface area contributed by atoms with Crippen molar-refractivity contribution in [3.05, 3.63) is 42.5 Å². The lowest BCUT2D eigenvalue weighted by atomic mass is 10.0. The first kappa shape index (κ1) is 13.1. The Morgan fingerprint density at radius 3 is 2.95 bits per heavy atom. The maximum absolute atomic E-state index is 11.7. The summed E-state index contributed by atoms with van der Waals surface area (Å²) in [6.45, 7) is 3.97. The van der Waals surface area contributed by atoms with Crippen LogP contribution in [0.2, 0.25) is 0 Å². The number of carbonyl (C=O) groups excluding carboxylic acids is 1. The van der Waals surface area contributed by atoms with Crippen LogP contribution in [0.5, 0.6) is 5.75 Å². The second kappa shape index (κ2) is 6.04. The number of oxime groups is 1. The average Bonchev–Trinajstić information content (AvgIpc) is 2.94. The number of ether oxygens (including phenoxy) is 1. The van der Waals surface area contributed by atoms with Gasteiger partial charge in [0.05, 0.1) is 12.8 Å². The number of benzene rings is 1. The molecule has 0 saturated carbocycles. The van der Waals surface area contributed by atoms with E-state index in [4.69, 9.17) is 9.57 Å². The van der Waals surface area contributed by atoms with E-state index in [9.17, 15) is 4.79 Å². The van der Waals surface area contributed by atoms with Crippen molar-refractivity contribution in [1.29, 1.82) is 0 Å². The third-order valence-electron chi connectivity index (χ3n) is 2.81. The zero-order valence-electron chi connectivity index (χ0n) is 10.8. The molecule has 100 valence electrons. The van der Waals surface area contributed by atoms with Gasteiger partial charge in [0.15, 0.2) is 0 Å². The molecule has 0 radical (unpaired) electrons. The first-order valence-electron chi connectivity index (χ1n) is 6.00. The zero-order valence-corrected chi connectivity index (χ0v) is 10.8. The summed E-state index contributed by atoms with van der Waals surface area (Å²) in [7, 11) is 1.62. The summed E-state index contributed by atoms with van der Waals surface area (Å²) in [4.78, 5) is 16.9. The normalized spacial score (nSPS) is 17.3. The Kier molecular flexibility index (Phi) is 4.18. The molecule has 1 aliphatic heterocycles. The molecule has 5 nitrogen and oxygen atoms in total. The first-order chi connectivity index (χ1) is 9.24. The molecule has 2 rings (SSSR count). The predicted molar refractivity (Wildman–Crippen MR) is 72.2 cm³/mol. The second-order valence-electron chi connectivity index (χ2n) is 4.10. The van der Waals surface area contributed by atoms with E-state index in [1.165, 1.54) is 0 Å². The fraction of sp³-hybridized carbons (Fsp3) is 0.286. The molecule has 1 aliphatic rings. The molecule has 19 heavy (non-hydrogen) atoms. The summed E-state index contributed by atoms with van der Waals surface area (Å²) >= 11 is 0. The lowest BCUT2D eigenvalue weighted by Gasteiger charge is -2.07. The molecule has 0 aliphatic carbocycles. The van der Waals surface area contributed by atoms with Gasteiger partial charge in [0.25, 0.3) is 5.91 Å². The van der Waals surface area contributed by atoms with Crippen molar-refractivity contribution < 1.29 is 14.4 Å². The van der Waals surface area contributed by atoms with Gasteiger partial charge in [-0.15, -0.1) is 6.58 Å². The standard InChI is InChI=1S/C14H16N2O3/c1-3-8-15-14(17)13-9-12(16-19-13)10-4-6-11(18-2)7-5-10/h3-7,13H,1,8-9H2,2H3,(H,15,17)/t13-/m0/s1. The third kappa shape index (κ3) is 3.13. The van der Waals surface area contributed by atoms with Gasteiger partial charge in [-0.25, -0.2) is 0 Å². The highest BCUT2D eigenvalue weighted by Gasteiger charge is 2.28. The van der Waals surface area contributed by atoms with Gasteiger partial charge in [0.1, 0.15) is 5.75 Å². The van der Waals surface area contributed by atoms with Crippen LogP contribution < -0.4 is 10.1 Å². The van der Waals surface area contributed by atoms with Crippen LogP contribution in [-0.2, 0) is 9.63 Å². The number of rotatable bonds is 5. The Morgan fingerprint density at radius 2 is 2.32 bits per heavy atom. The van der Waals surface area contributed by atoms with Crippen LogP contribution in [0.3, 0.4) is 0 Å². The van der Waals surface area contributed by atoms with Gasteiger partial charge < -0.3 is 14.9 Å². The highest BCUT2D eigenvalue weighted by atomic mass is 16.6. The maximum atomic E-state index is 11.7. The summed E-state index contributed by atoms with van der Waals surface area (Å²) in [5.74, 6) is 0.607. The summed E-state index contributed by atoms with van der Waals surface area (Å²) in [5.41, 5.74) is 1.70. The molecule has 1 amide bonds. The Balaban J connectivity index is 1.96. The smallest absolute Gasteiger partial charge is 0.264 e.